The minimum absolute atomic E-state index is 0.166. The average Bonchev–Trinajstić information content (AvgIpc) is 2.92. The number of rotatable bonds is 10. The molecule has 0 spiro atoms. The fourth-order valence-electron chi connectivity index (χ4n) is 3.49. The minimum Gasteiger partial charge on any atom is -0.493 e. The quantitative estimate of drug-likeness (QED) is 0.190. The highest BCUT2D eigenvalue weighted by Gasteiger charge is 2.12. The molecule has 0 atom stereocenters. The summed E-state index contributed by atoms with van der Waals surface area (Å²) in [5.41, 5.74) is 6.20. The van der Waals surface area contributed by atoms with Gasteiger partial charge in [0.15, 0.2) is 18.1 Å². The van der Waals surface area contributed by atoms with E-state index in [9.17, 15) is 4.79 Å². The van der Waals surface area contributed by atoms with E-state index in [1.807, 2.05) is 91.0 Å². The number of nitrogens with one attached hydrogen (secondary N) is 1. The molecule has 0 saturated carbocycles. The monoisotopic (exact) mass is 544 g/mol. The predicted molar refractivity (Wildman–Crippen MR) is 145 cm³/mol. The normalized spacial score (nSPS) is 10.7. The Morgan fingerprint density at radius 2 is 1.58 bits per heavy atom. The lowest BCUT2D eigenvalue weighted by atomic mass is 10.1. The Kier molecular flexibility index (Phi) is 8.72. The maximum Gasteiger partial charge on any atom is 0.277 e. The summed E-state index contributed by atoms with van der Waals surface area (Å²) >= 11 is 3.54. The zero-order valence-electron chi connectivity index (χ0n) is 19.7. The van der Waals surface area contributed by atoms with Crippen molar-refractivity contribution in [2.45, 2.75) is 6.61 Å². The molecule has 36 heavy (non-hydrogen) atoms. The molecule has 0 saturated heterocycles. The number of para-hydroxylation sites is 1. The lowest BCUT2D eigenvalue weighted by Crippen LogP contribution is -2.24. The van der Waals surface area contributed by atoms with Crippen molar-refractivity contribution < 1.29 is 19.0 Å². The fourth-order valence-corrected chi connectivity index (χ4v) is 4.06. The number of ether oxygens (including phenoxy) is 3. The molecule has 0 unspecified atom stereocenters. The van der Waals surface area contributed by atoms with Crippen molar-refractivity contribution in [3.8, 4) is 28.4 Å². The van der Waals surface area contributed by atoms with Gasteiger partial charge in [0, 0.05) is 5.56 Å². The van der Waals surface area contributed by atoms with Crippen LogP contribution < -0.4 is 19.6 Å². The molecule has 182 valence electrons. The summed E-state index contributed by atoms with van der Waals surface area (Å²) in [5.74, 6) is 1.40. The third-order valence-corrected chi connectivity index (χ3v) is 5.80. The predicted octanol–water partition coefficient (Wildman–Crippen LogP) is 6.23. The van der Waals surface area contributed by atoms with Gasteiger partial charge in [0.05, 0.1) is 17.8 Å². The van der Waals surface area contributed by atoms with E-state index >= 15 is 0 Å². The summed E-state index contributed by atoms with van der Waals surface area (Å²) in [7, 11) is 1.57. The summed E-state index contributed by atoms with van der Waals surface area (Å²) in [6.07, 6.45) is 1.53. The molecule has 0 bridgehead atoms. The second kappa shape index (κ2) is 12.6. The van der Waals surface area contributed by atoms with E-state index in [1.54, 1.807) is 13.2 Å². The van der Waals surface area contributed by atoms with Crippen molar-refractivity contribution >= 4 is 28.1 Å². The van der Waals surface area contributed by atoms with E-state index in [0.29, 0.717) is 28.3 Å². The first-order valence-electron chi connectivity index (χ1n) is 11.3. The Labute approximate surface area is 218 Å². The van der Waals surface area contributed by atoms with Gasteiger partial charge in [0.1, 0.15) is 12.4 Å². The highest BCUT2D eigenvalue weighted by Crippen LogP contribution is 2.37. The van der Waals surface area contributed by atoms with Crippen LogP contribution in [-0.4, -0.2) is 25.8 Å². The van der Waals surface area contributed by atoms with Crippen molar-refractivity contribution in [1.82, 2.24) is 5.43 Å². The molecule has 0 aliphatic heterocycles. The number of halogens is 1. The topological polar surface area (TPSA) is 69.2 Å². The van der Waals surface area contributed by atoms with Crippen LogP contribution >= 0.6 is 15.9 Å². The van der Waals surface area contributed by atoms with Crippen molar-refractivity contribution in [2.75, 3.05) is 13.7 Å². The van der Waals surface area contributed by atoms with Gasteiger partial charge in [-0.1, -0.05) is 78.9 Å². The van der Waals surface area contributed by atoms with E-state index in [1.165, 1.54) is 6.21 Å². The first-order chi connectivity index (χ1) is 17.6. The molecular weight excluding hydrogens is 520 g/mol. The van der Waals surface area contributed by atoms with Crippen molar-refractivity contribution in [3.05, 3.63) is 113 Å². The van der Waals surface area contributed by atoms with E-state index in [-0.39, 0.29) is 12.5 Å². The molecule has 4 aromatic rings. The van der Waals surface area contributed by atoms with Crippen LogP contribution in [0.25, 0.3) is 11.1 Å². The molecule has 7 heteroatoms. The van der Waals surface area contributed by atoms with Crippen molar-refractivity contribution in [3.63, 3.8) is 0 Å². The zero-order valence-corrected chi connectivity index (χ0v) is 21.3. The number of carbonyl (C=O) groups excluding carboxylic acids is 1. The first kappa shape index (κ1) is 25.0. The van der Waals surface area contributed by atoms with Crippen LogP contribution in [-0.2, 0) is 11.4 Å². The van der Waals surface area contributed by atoms with Gasteiger partial charge in [-0.3, -0.25) is 4.79 Å². The molecule has 6 nitrogen and oxygen atoms in total. The maximum atomic E-state index is 12.3. The molecule has 0 aliphatic rings. The molecule has 0 radical (unpaired) electrons. The van der Waals surface area contributed by atoms with Gasteiger partial charge < -0.3 is 14.2 Å². The SMILES string of the molecule is COc1cc(/C=N/NC(=O)COc2ccccc2-c2ccccc2)cc(Br)c1OCc1ccccc1. The number of hydrogen-bond acceptors (Lipinski definition) is 5. The standard InChI is InChI=1S/C29H25BrN2O4/c1-34-27-17-22(16-25(30)29(27)36-19-21-10-4-2-5-11-21)18-31-32-28(33)20-35-26-15-9-8-14-24(26)23-12-6-3-7-13-23/h2-18H,19-20H2,1H3,(H,32,33)/b31-18+. The number of hydrazone groups is 1. The molecule has 1 amide bonds. The van der Waals surface area contributed by atoms with Crippen molar-refractivity contribution in [2.24, 2.45) is 5.10 Å². The lowest BCUT2D eigenvalue weighted by Gasteiger charge is -2.13. The Bertz CT molecular complexity index is 1330. The van der Waals surface area contributed by atoms with Gasteiger partial charge in [-0.05, 0) is 50.8 Å². The minimum atomic E-state index is -0.372. The van der Waals surface area contributed by atoms with Gasteiger partial charge in [-0.25, -0.2) is 5.43 Å². The van der Waals surface area contributed by atoms with E-state index in [0.717, 1.165) is 22.3 Å². The molecule has 4 aromatic carbocycles. The van der Waals surface area contributed by atoms with Crippen LogP contribution in [0.2, 0.25) is 0 Å². The third kappa shape index (κ3) is 6.73. The second-order valence-corrected chi connectivity index (χ2v) is 8.61. The summed E-state index contributed by atoms with van der Waals surface area (Å²) < 4.78 is 17.9. The Balaban J connectivity index is 1.35. The third-order valence-electron chi connectivity index (χ3n) is 5.21. The number of amides is 1. The van der Waals surface area contributed by atoms with Crippen LogP contribution in [0.15, 0.2) is 107 Å². The van der Waals surface area contributed by atoms with Gasteiger partial charge in [-0.15, -0.1) is 0 Å². The number of carbonyl (C=O) groups is 1. The summed E-state index contributed by atoms with van der Waals surface area (Å²) in [4.78, 5) is 12.3. The maximum absolute atomic E-state index is 12.3. The Hall–Kier alpha value is -4.10. The molecule has 0 aliphatic carbocycles. The lowest BCUT2D eigenvalue weighted by molar-refractivity contribution is -0.123. The van der Waals surface area contributed by atoms with Gasteiger partial charge in [0.2, 0.25) is 0 Å². The van der Waals surface area contributed by atoms with Crippen LogP contribution in [0, 0.1) is 0 Å². The zero-order chi connectivity index (χ0) is 25.2. The van der Waals surface area contributed by atoms with Gasteiger partial charge in [0.25, 0.3) is 5.91 Å². The highest BCUT2D eigenvalue weighted by atomic mass is 79.9. The summed E-state index contributed by atoms with van der Waals surface area (Å²) in [6.45, 7) is 0.243. The molecule has 0 heterocycles. The van der Waals surface area contributed by atoms with Crippen LogP contribution in [0.5, 0.6) is 17.2 Å². The average molecular weight is 545 g/mol. The van der Waals surface area contributed by atoms with Crippen LogP contribution in [0.4, 0.5) is 0 Å². The highest BCUT2D eigenvalue weighted by molar-refractivity contribution is 9.10. The van der Waals surface area contributed by atoms with E-state index < -0.39 is 0 Å². The number of benzene rings is 4. The number of hydrogen-bond donors (Lipinski definition) is 1. The molecule has 4 rings (SSSR count). The Morgan fingerprint density at radius 1 is 0.889 bits per heavy atom. The molecular formula is C29H25BrN2O4. The van der Waals surface area contributed by atoms with Gasteiger partial charge in [-0.2, -0.15) is 5.10 Å². The molecule has 0 aromatic heterocycles. The summed E-state index contributed by atoms with van der Waals surface area (Å²) in [6, 6.07) is 31.0. The molecule has 0 fully saturated rings. The van der Waals surface area contributed by atoms with Crippen LogP contribution in [0.3, 0.4) is 0 Å². The number of methoxy groups -OCH3 is 1. The van der Waals surface area contributed by atoms with Gasteiger partial charge >= 0.3 is 0 Å². The fraction of sp³-hybridized carbons (Fsp3) is 0.103. The number of nitrogens with zero attached hydrogens (tertiary/aromatic N) is 1. The largest absolute Gasteiger partial charge is 0.493 e. The Morgan fingerprint density at radius 3 is 2.33 bits per heavy atom. The van der Waals surface area contributed by atoms with E-state index in [4.69, 9.17) is 14.2 Å². The van der Waals surface area contributed by atoms with Crippen molar-refractivity contribution in [1.29, 1.82) is 0 Å². The first-order valence-corrected chi connectivity index (χ1v) is 12.1. The smallest absolute Gasteiger partial charge is 0.277 e. The second-order valence-electron chi connectivity index (χ2n) is 7.75. The van der Waals surface area contributed by atoms with E-state index in [2.05, 4.69) is 26.5 Å². The summed E-state index contributed by atoms with van der Waals surface area (Å²) in [5, 5.41) is 4.05. The molecule has 1 N–H and O–H groups in total. The van der Waals surface area contributed by atoms with Crippen LogP contribution in [0.1, 0.15) is 11.1 Å².